The highest BCUT2D eigenvalue weighted by Gasteiger charge is 2.24. The van der Waals surface area contributed by atoms with Crippen LogP contribution >= 0.6 is 0 Å². The van der Waals surface area contributed by atoms with E-state index in [1.807, 2.05) is 36.7 Å². The van der Waals surface area contributed by atoms with Crippen LogP contribution in [0, 0.1) is 0 Å². The molecule has 1 aromatic carbocycles. The lowest BCUT2D eigenvalue weighted by Gasteiger charge is -2.27. The van der Waals surface area contributed by atoms with Crippen molar-refractivity contribution in [2.45, 2.75) is 13.0 Å². The molecule has 2 fully saturated rings. The highest BCUT2D eigenvalue weighted by atomic mass is 32.2. The van der Waals surface area contributed by atoms with E-state index in [9.17, 15) is 8.42 Å². The third kappa shape index (κ3) is 4.30. The van der Waals surface area contributed by atoms with Gasteiger partial charge in [0.1, 0.15) is 5.52 Å². The average molecular weight is 533 g/mol. The van der Waals surface area contributed by atoms with Crippen molar-refractivity contribution in [3.05, 3.63) is 48.3 Å². The van der Waals surface area contributed by atoms with E-state index in [-0.39, 0.29) is 11.5 Å². The van der Waals surface area contributed by atoms with E-state index in [0.717, 1.165) is 45.3 Å². The van der Waals surface area contributed by atoms with Gasteiger partial charge in [-0.25, -0.2) is 23.4 Å². The first kappa shape index (κ1) is 23.6. The van der Waals surface area contributed by atoms with Gasteiger partial charge in [0, 0.05) is 55.0 Å². The lowest BCUT2D eigenvalue weighted by molar-refractivity contribution is 0.122. The number of aromatic amines is 1. The van der Waals surface area contributed by atoms with Crippen LogP contribution in [0.15, 0.2) is 47.1 Å². The van der Waals surface area contributed by atoms with Crippen LogP contribution in [0.1, 0.15) is 12.0 Å². The predicted molar refractivity (Wildman–Crippen MR) is 146 cm³/mol. The molecule has 2 saturated heterocycles. The number of anilines is 1. The van der Waals surface area contributed by atoms with Crippen molar-refractivity contribution in [2.75, 3.05) is 55.8 Å². The van der Waals surface area contributed by atoms with Gasteiger partial charge < -0.3 is 19.0 Å². The van der Waals surface area contributed by atoms with Gasteiger partial charge in [0.15, 0.2) is 27.1 Å². The third-order valence-electron chi connectivity index (χ3n) is 7.41. The highest BCUT2D eigenvalue weighted by Crippen LogP contribution is 2.36. The number of fused-ring (bicyclic) bond motifs is 4. The Kier molecular flexibility index (Phi) is 5.79. The van der Waals surface area contributed by atoms with Crippen molar-refractivity contribution in [2.24, 2.45) is 0 Å². The molecule has 0 spiro atoms. The average Bonchev–Trinajstić information content (AvgIpc) is 3.52. The van der Waals surface area contributed by atoms with E-state index in [4.69, 9.17) is 19.1 Å². The van der Waals surface area contributed by atoms with E-state index >= 15 is 0 Å². The van der Waals surface area contributed by atoms with Gasteiger partial charge in [0.2, 0.25) is 5.71 Å². The number of benzene rings is 1. The maximum Gasteiger partial charge on any atom is 0.229 e. The molecule has 2 aliphatic rings. The Balaban J connectivity index is 1.35. The third-order valence-corrected chi connectivity index (χ3v) is 9.13. The number of aromatic nitrogens is 4. The maximum atomic E-state index is 12.1. The Morgan fingerprint density at radius 3 is 2.79 bits per heavy atom. The summed E-state index contributed by atoms with van der Waals surface area (Å²) in [6.07, 6.45) is 4.39. The van der Waals surface area contributed by atoms with Gasteiger partial charge in [-0.2, -0.15) is 0 Å². The molecular weight excluding hydrogens is 504 g/mol. The fourth-order valence-corrected chi connectivity index (χ4v) is 6.75. The molecule has 1 N–H and O–H groups in total. The summed E-state index contributed by atoms with van der Waals surface area (Å²) in [7, 11) is -2.96. The standard InChI is InChI=1S/C27H28N6O4S/c34-38(35)13-2-7-32(10-14-38)17-18-15-21-23-24(37-27(21)29-16-18)26(33-8-11-36-12-9-33)31-25(30-23)20-3-1-4-22-19(20)5-6-28-22/h1,3-6,15-16,28H,2,7-14,17H2. The SMILES string of the molecule is O=S1(=O)CCCN(Cc2cnc3oc4c(N5CCOCC5)nc(-c5cccc6[nH]ccc56)nc4c3c2)CC1. The van der Waals surface area contributed by atoms with Crippen LogP contribution in [0.25, 0.3) is 44.5 Å². The van der Waals surface area contributed by atoms with E-state index in [2.05, 4.69) is 25.8 Å². The lowest BCUT2D eigenvalue weighted by atomic mass is 10.1. The monoisotopic (exact) mass is 532 g/mol. The normalized spacial score (nSPS) is 18.9. The van der Waals surface area contributed by atoms with E-state index in [1.54, 1.807) is 0 Å². The van der Waals surface area contributed by atoms with Crippen LogP contribution in [-0.2, 0) is 21.1 Å². The van der Waals surface area contributed by atoms with Crippen LogP contribution in [0.2, 0.25) is 0 Å². The Bertz CT molecular complexity index is 1760. The summed E-state index contributed by atoms with van der Waals surface area (Å²) in [6.45, 7) is 4.59. The molecule has 0 unspecified atom stereocenters. The molecule has 11 heteroatoms. The minimum atomic E-state index is -2.96. The number of nitrogens with zero attached hydrogens (tertiary/aromatic N) is 5. The van der Waals surface area contributed by atoms with Crippen LogP contribution in [0.5, 0.6) is 0 Å². The Labute approximate surface area is 219 Å². The van der Waals surface area contributed by atoms with E-state index < -0.39 is 9.84 Å². The number of pyridine rings is 1. The second-order valence-electron chi connectivity index (χ2n) is 9.97. The van der Waals surface area contributed by atoms with Crippen LogP contribution in [0.4, 0.5) is 5.82 Å². The number of hydrogen-bond donors (Lipinski definition) is 1. The number of hydrogen-bond acceptors (Lipinski definition) is 9. The maximum absolute atomic E-state index is 12.1. The first-order chi connectivity index (χ1) is 18.5. The topological polar surface area (TPSA) is 117 Å². The molecule has 0 aliphatic carbocycles. The number of ether oxygens (including phenoxy) is 1. The largest absolute Gasteiger partial charge is 0.432 e. The molecule has 2 aliphatic heterocycles. The molecule has 196 valence electrons. The van der Waals surface area contributed by atoms with Crippen molar-refractivity contribution >= 4 is 48.8 Å². The van der Waals surface area contributed by atoms with Crippen molar-refractivity contribution in [3.63, 3.8) is 0 Å². The Hall–Kier alpha value is -3.54. The Morgan fingerprint density at radius 1 is 1.00 bits per heavy atom. The Morgan fingerprint density at radius 2 is 1.89 bits per heavy atom. The van der Waals surface area contributed by atoms with E-state index in [1.165, 1.54) is 0 Å². The van der Waals surface area contributed by atoms with Crippen molar-refractivity contribution < 1.29 is 17.6 Å². The van der Waals surface area contributed by atoms with Crippen LogP contribution < -0.4 is 4.90 Å². The van der Waals surface area contributed by atoms with Crippen LogP contribution in [0.3, 0.4) is 0 Å². The molecule has 0 radical (unpaired) electrons. The molecule has 6 heterocycles. The van der Waals surface area contributed by atoms with Crippen LogP contribution in [-0.4, -0.2) is 84.2 Å². The fraction of sp³-hybridized carbons (Fsp3) is 0.370. The fourth-order valence-electron chi connectivity index (χ4n) is 5.44. The summed E-state index contributed by atoms with van der Waals surface area (Å²) in [5, 5.41) is 1.89. The van der Waals surface area contributed by atoms with Gasteiger partial charge in [-0.1, -0.05) is 12.1 Å². The zero-order valence-electron chi connectivity index (χ0n) is 20.9. The summed E-state index contributed by atoms with van der Waals surface area (Å²) >= 11 is 0. The second-order valence-corrected chi connectivity index (χ2v) is 12.3. The molecule has 10 nitrogen and oxygen atoms in total. The second kappa shape index (κ2) is 9.33. The highest BCUT2D eigenvalue weighted by molar-refractivity contribution is 7.91. The van der Waals surface area contributed by atoms with Crippen molar-refractivity contribution in [3.8, 4) is 11.4 Å². The zero-order valence-corrected chi connectivity index (χ0v) is 21.7. The van der Waals surface area contributed by atoms with Gasteiger partial charge in [0.05, 0.1) is 30.1 Å². The minimum Gasteiger partial charge on any atom is -0.432 e. The van der Waals surface area contributed by atoms with Crippen molar-refractivity contribution in [1.29, 1.82) is 0 Å². The summed E-state index contributed by atoms with van der Waals surface area (Å²) in [5.41, 5.74) is 4.84. The zero-order chi connectivity index (χ0) is 25.7. The van der Waals surface area contributed by atoms with Gasteiger partial charge in [0.25, 0.3) is 0 Å². The number of furan rings is 1. The molecule has 38 heavy (non-hydrogen) atoms. The summed E-state index contributed by atoms with van der Waals surface area (Å²) < 4.78 is 36.0. The first-order valence-electron chi connectivity index (χ1n) is 13.0. The molecule has 0 atom stereocenters. The molecule has 7 rings (SSSR count). The summed E-state index contributed by atoms with van der Waals surface area (Å²) in [6, 6.07) is 10.2. The smallest absolute Gasteiger partial charge is 0.229 e. The molecule has 4 aromatic heterocycles. The quantitative estimate of drug-likeness (QED) is 0.372. The van der Waals surface area contributed by atoms with Gasteiger partial charge in [-0.3, -0.25) is 4.90 Å². The first-order valence-corrected chi connectivity index (χ1v) is 14.8. The minimum absolute atomic E-state index is 0.196. The summed E-state index contributed by atoms with van der Waals surface area (Å²) in [4.78, 5) is 22.3. The van der Waals surface area contributed by atoms with Gasteiger partial charge in [-0.05, 0) is 36.7 Å². The molecule has 0 saturated carbocycles. The molecule has 0 amide bonds. The van der Waals surface area contributed by atoms with Gasteiger partial charge >= 0.3 is 0 Å². The number of morpholine rings is 1. The number of H-pyrrole nitrogens is 1. The summed E-state index contributed by atoms with van der Waals surface area (Å²) in [5.74, 6) is 1.83. The number of nitrogens with one attached hydrogen (secondary N) is 1. The molecule has 0 bridgehead atoms. The number of sulfone groups is 1. The van der Waals surface area contributed by atoms with Crippen molar-refractivity contribution in [1.82, 2.24) is 24.8 Å². The van der Waals surface area contributed by atoms with Gasteiger partial charge in [-0.15, -0.1) is 0 Å². The molecular formula is C27H28N6O4S. The lowest BCUT2D eigenvalue weighted by Crippen LogP contribution is -2.37. The molecule has 5 aromatic rings. The number of rotatable bonds is 4. The predicted octanol–water partition coefficient (Wildman–Crippen LogP) is 3.38. The van der Waals surface area contributed by atoms with E-state index in [0.29, 0.717) is 62.9 Å².